The van der Waals surface area contributed by atoms with Crippen LogP contribution in [-0.2, 0) is 9.53 Å². The molecule has 0 unspecified atom stereocenters. The molecule has 140 valence electrons. The van der Waals surface area contributed by atoms with Crippen LogP contribution in [0.3, 0.4) is 0 Å². The number of rotatable bonds is 7. The first-order chi connectivity index (χ1) is 13.0. The van der Waals surface area contributed by atoms with Crippen molar-refractivity contribution in [2.45, 2.75) is 24.8 Å². The number of fused-ring (bicyclic) bond motifs is 3. The second-order valence-electron chi connectivity index (χ2n) is 6.69. The van der Waals surface area contributed by atoms with E-state index in [1.807, 2.05) is 24.3 Å². The Morgan fingerprint density at radius 1 is 1.15 bits per heavy atom. The normalized spacial score (nSPS) is 13.4. The lowest BCUT2D eigenvalue weighted by Crippen LogP contribution is -2.39. The lowest BCUT2D eigenvalue weighted by molar-refractivity contribution is -0.138. The first kappa shape index (κ1) is 18.7. The molecule has 1 amide bonds. The van der Waals surface area contributed by atoms with Crippen LogP contribution in [0.15, 0.2) is 61.2 Å². The van der Waals surface area contributed by atoms with Crippen molar-refractivity contribution >= 4 is 12.1 Å². The predicted molar refractivity (Wildman–Crippen MR) is 104 cm³/mol. The van der Waals surface area contributed by atoms with E-state index in [1.54, 1.807) is 13.1 Å². The van der Waals surface area contributed by atoms with E-state index in [1.165, 1.54) is 4.90 Å². The zero-order valence-electron chi connectivity index (χ0n) is 15.3. The maximum absolute atomic E-state index is 12.5. The number of carbonyl (C=O) groups is 2. The van der Waals surface area contributed by atoms with Gasteiger partial charge in [0.1, 0.15) is 6.61 Å². The minimum absolute atomic E-state index is 0.0212. The van der Waals surface area contributed by atoms with Gasteiger partial charge < -0.3 is 14.7 Å². The molecule has 2 aromatic rings. The lowest BCUT2D eigenvalue weighted by atomic mass is 9.98. The number of nitrogens with zero attached hydrogens (tertiary/aromatic N) is 1. The molecule has 0 saturated heterocycles. The highest BCUT2D eigenvalue weighted by molar-refractivity contribution is 5.79. The fourth-order valence-electron chi connectivity index (χ4n) is 3.62. The lowest BCUT2D eigenvalue weighted by Gasteiger charge is -2.26. The number of benzene rings is 2. The fourth-order valence-corrected chi connectivity index (χ4v) is 3.62. The molecule has 27 heavy (non-hydrogen) atoms. The monoisotopic (exact) mass is 365 g/mol. The molecule has 5 nitrogen and oxygen atoms in total. The zero-order chi connectivity index (χ0) is 19.4. The van der Waals surface area contributed by atoms with E-state index in [9.17, 15) is 9.59 Å². The third-order valence-corrected chi connectivity index (χ3v) is 5.02. The molecule has 0 radical (unpaired) electrons. The van der Waals surface area contributed by atoms with E-state index in [4.69, 9.17) is 9.84 Å². The van der Waals surface area contributed by atoms with Crippen LogP contribution in [0.2, 0.25) is 0 Å². The summed E-state index contributed by atoms with van der Waals surface area (Å²) in [5.41, 5.74) is 4.61. The number of carboxylic acids is 1. The van der Waals surface area contributed by atoms with Gasteiger partial charge in [-0.15, -0.1) is 6.58 Å². The topological polar surface area (TPSA) is 66.8 Å². The molecule has 3 rings (SSSR count). The maximum atomic E-state index is 12.5. The van der Waals surface area contributed by atoms with Gasteiger partial charge in [0, 0.05) is 19.0 Å². The number of carboxylic acid groups (broad SMARTS) is 1. The molecule has 5 heteroatoms. The molecule has 1 N–H and O–H groups in total. The van der Waals surface area contributed by atoms with Crippen molar-refractivity contribution in [3.8, 4) is 11.1 Å². The third-order valence-electron chi connectivity index (χ3n) is 5.02. The Balaban J connectivity index is 1.73. The van der Waals surface area contributed by atoms with Gasteiger partial charge in [-0.1, -0.05) is 54.6 Å². The van der Waals surface area contributed by atoms with Gasteiger partial charge in [-0.05, 0) is 28.7 Å². The smallest absolute Gasteiger partial charge is 0.409 e. The molecule has 0 spiro atoms. The number of amides is 1. The van der Waals surface area contributed by atoms with Gasteiger partial charge in [0.25, 0.3) is 0 Å². The SMILES string of the molecule is C=CC[C@H](CC(=O)O)N(C)C(=O)OCC1c2ccccc2-c2ccccc21. The average Bonchev–Trinajstić information content (AvgIpc) is 2.99. The van der Waals surface area contributed by atoms with Crippen molar-refractivity contribution in [2.75, 3.05) is 13.7 Å². The molecule has 0 aliphatic heterocycles. The summed E-state index contributed by atoms with van der Waals surface area (Å²) in [4.78, 5) is 24.9. The number of hydrogen-bond donors (Lipinski definition) is 1. The van der Waals surface area contributed by atoms with Crippen LogP contribution in [0.1, 0.15) is 29.9 Å². The highest BCUT2D eigenvalue weighted by Crippen LogP contribution is 2.44. The van der Waals surface area contributed by atoms with E-state index in [0.29, 0.717) is 6.42 Å². The highest BCUT2D eigenvalue weighted by Gasteiger charge is 2.30. The standard InChI is InChI=1S/C22H23NO4/c1-3-8-15(13-21(24)25)23(2)22(26)27-14-20-18-11-6-4-9-16(18)17-10-5-7-12-19(17)20/h3-7,9-12,15,20H,1,8,13-14H2,2H3,(H,24,25)/t15-/m1/s1. The summed E-state index contributed by atoms with van der Waals surface area (Å²) in [6, 6.07) is 15.8. The largest absolute Gasteiger partial charge is 0.481 e. The second-order valence-corrected chi connectivity index (χ2v) is 6.69. The van der Waals surface area contributed by atoms with Gasteiger partial charge in [0.15, 0.2) is 0 Å². The molecule has 2 aromatic carbocycles. The van der Waals surface area contributed by atoms with Gasteiger partial charge >= 0.3 is 12.1 Å². The Hall–Kier alpha value is -3.08. The number of ether oxygens (including phenoxy) is 1. The molecule has 0 heterocycles. The third kappa shape index (κ3) is 3.87. The molecular formula is C22H23NO4. The molecule has 0 fully saturated rings. The van der Waals surface area contributed by atoms with Crippen molar-refractivity contribution in [2.24, 2.45) is 0 Å². The molecule has 1 aliphatic rings. The Morgan fingerprint density at radius 3 is 2.22 bits per heavy atom. The quantitative estimate of drug-likeness (QED) is 0.744. The predicted octanol–water partition coefficient (Wildman–Crippen LogP) is 4.29. The molecule has 0 aromatic heterocycles. The van der Waals surface area contributed by atoms with E-state index >= 15 is 0 Å². The first-order valence-corrected chi connectivity index (χ1v) is 8.93. The molecule has 1 aliphatic carbocycles. The Labute approximate surface area is 158 Å². The van der Waals surface area contributed by atoms with Crippen molar-refractivity contribution in [1.82, 2.24) is 4.90 Å². The first-order valence-electron chi connectivity index (χ1n) is 8.93. The van der Waals surface area contributed by atoms with Crippen LogP contribution in [-0.4, -0.2) is 41.8 Å². The summed E-state index contributed by atoms with van der Waals surface area (Å²) < 4.78 is 5.57. The summed E-state index contributed by atoms with van der Waals surface area (Å²) in [6.07, 6.45) is 1.34. The minimum Gasteiger partial charge on any atom is -0.481 e. The van der Waals surface area contributed by atoms with E-state index < -0.39 is 18.1 Å². The van der Waals surface area contributed by atoms with Crippen molar-refractivity contribution in [3.63, 3.8) is 0 Å². The van der Waals surface area contributed by atoms with Gasteiger partial charge in [0.05, 0.1) is 6.42 Å². The minimum atomic E-state index is -0.958. The summed E-state index contributed by atoms with van der Waals surface area (Å²) in [5.74, 6) is -0.979. The van der Waals surface area contributed by atoms with Crippen LogP contribution >= 0.6 is 0 Å². The van der Waals surface area contributed by atoms with Crippen molar-refractivity contribution in [1.29, 1.82) is 0 Å². The van der Waals surface area contributed by atoms with Gasteiger partial charge in [-0.3, -0.25) is 4.79 Å². The maximum Gasteiger partial charge on any atom is 0.409 e. The average molecular weight is 365 g/mol. The van der Waals surface area contributed by atoms with Crippen LogP contribution in [0.5, 0.6) is 0 Å². The fraction of sp³-hybridized carbons (Fsp3) is 0.273. The van der Waals surface area contributed by atoms with Crippen LogP contribution in [0.25, 0.3) is 11.1 Å². The number of hydrogen-bond acceptors (Lipinski definition) is 3. The summed E-state index contributed by atoms with van der Waals surface area (Å²) in [5, 5.41) is 9.05. The molecule has 0 saturated carbocycles. The van der Waals surface area contributed by atoms with Gasteiger partial charge in [-0.2, -0.15) is 0 Å². The second kappa shape index (κ2) is 8.08. The van der Waals surface area contributed by atoms with E-state index in [-0.39, 0.29) is 18.9 Å². The molecule has 0 bridgehead atoms. The number of aliphatic carboxylic acids is 1. The van der Waals surface area contributed by atoms with Crippen molar-refractivity contribution < 1.29 is 19.4 Å². The molecule has 1 atom stereocenters. The van der Waals surface area contributed by atoms with Crippen LogP contribution in [0.4, 0.5) is 4.79 Å². The Kier molecular flexibility index (Phi) is 5.60. The molecular weight excluding hydrogens is 342 g/mol. The Morgan fingerprint density at radius 2 is 1.70 bits per heavy atom. The number of carbonyl (C=O) groups excluding carboxylic acids is 1. The van der Waals surface area contributed by atoms with Gasteiger partial charge in [-0.25, -0.2) is 4.79 Å². The van der Waals surface area contributed by atoms with Gasteiger partial charge in [0.2, 0.25) is 0 Å². The van der Waals surface area contributed by atoms with E-state index in [0.717, 1.165) is 22.3 Å². The summed E-state index contributed by atoms with van der Waals surface area (Å²) >= 11 is 0. The van der Waals surface area contributed by atoms with E-state index in [2.05, 4.69) is 30.8 Å². The Bertz CT molecular complexity index is 815. The van der Waals surface area contributed by atoms with Crippen molar-refractivity contribution in [3.05, 3.63) is 72.3 Å². The summed E-state index contributed by atoms with van der Waals surface area (Å²) in [6.45, 7) is 3.85. The van der Waals surface area contributed by atoms with Crippen LogP contribution < -0.4 is 0 Å². The van der Waals surface area contributed by atoms with Crippen LogP contribution in [0, 0.1) is 0 Å². The summed E-state index contributed by atoms with van der Waals surface area (Å²) in [7, 11) is 1.57. The zero-order valence-corrected chi connectivity index (χ0v) is 15.3. The highest BCUT2D eigenvalue weighted by atomic mass is 16.6.